The number of aliphatic carboxylic acids is 1. The summed E-state index contributed by atoms with van der Waals surface area (Å²) >= 11 is 1.55. The van der Waals surface area contributed by atoms with E-state index in [0.29, 0.717) is 18.9 Å². The average molecular weight is 296 g/mol. The number of hydrogen-bond acceptors (Lipinski definition) is 4. The number of carbonyl (C=O) groups is 2. The summed E-state index contributed by atoms with van der Waals surface area (Å²) in [5.41, 5.74) is 0.750. The number of piperidine rings is 1. The van der Waals surface area contributed by atoms with E-state index in [0.717, 1.165) is 23.5 Å². The molecule has 0 aromatic carbocycles. The smallest absolute Gasteiger partial charge is 0.326 e. The predicted molar refractivity (Wildman–Crippen MR) is 76.7 cm³/mol. The molecule has 6 heteroatoms. The van der Waals surface area contributed by atoms with Gasteiger partial charge in [0.05, 0.1) is 17.1 Å². The van der Waals surface area contributed by atoms with Gasteiger partial charge in [0.25, 0.3) is 0 Å². The monoisotopic (exact) mass is 296 g/mol. The van der Waals surface area contributed by atoms with Gasteiger partial charge in [-0.2, -0.15) is 0 Å². The number of aryl methyl sites for hydroxylation is 1. The van der Waals surface area contributed by atoms with Crippen LogP contribution < -0.4 is 0 Å². The van der Waals surface area contributed by atoms with Crippen molar-refractivity contribution in [3.63, 3.8) is 0 Å². The lowest BCUT2D eigenvalue weighted by Gasteiger charge is -2.35. The molecular weight excluding hydrogens is 276 g/mol. The number of hydrogen-bond donors (Lipinski definition) is 1. The van der Waals surface area contributed by atoms with Gasteiger partial charge in [0.2, 0.25) is 5.91 Å². The highest BCUT2D eigenvalue weighted by Crippen LogP contribution is 2.23. The van der Waals surface area contributed by atoms with E-state index in [-0.39, 0.29) is 12.3 Å². The lowest BCUT2D eigenvalue weighted by Crippen LogP contribution is -2.50. The molecule has 1 aromatic rings. The molecule has 110 valence electrons. The van der Waals surface area contributed by atoms with Gasteiger partial charge < -0.3 is 10.0 Å². The van der Waals surface area contributed by atoms with Crippen molar-refractivity contribution in [3.05, 3.63) is 16.1 Å². The molecule has 2 unspecified atom stereocenters. The zero-order valence-electron chi connectivity index (χ0n) is 11.8. The number of thiazole rings is 1. The van der Waals surface area contributed by atoms with Crippen LogP contribution in [-0.4, -0.2) is 39.5 Å². The summed E-state index contributed by atoms with van der Waals surface area (Å²) in [5.74, 6) is -0.680. The number of carboxylic acids is 1. The van der Waals surface area contributed by atoms with Crippen molar-refractivity contribution in [1.29, 1.82) is 0 Å². The first-order chi connectivity index (χ1) is 9.51. The molecule has 1 fully saturated rings. The normalized spacial score (nSPS) is 22.8. The Morgan fingerprint density at radius 2 is 2.30 bits per heavy atom. The Kier molecular flexibility index (Phi) is 4.75. The van der Waals surface area contributed by atoms with Gasteiger partial charge in [0, 0.05) is 11.9 Å². The predicted octanol–water partition coefficient (Wildman–Crippen LogP) is 1.96. The largest absolute Gasteiger partial charge is 0.480 e. The van der Waals surface area contributed by atoms with Crippen LogP contribution in [0.3, 0.4) is 0 Å². The molecule has 5 nitrogen and oxygen atoms in total. The summed E-state index contributed by atoms with van der Waals surface area (Å²) in [6.45, 7) is 4.59. The first-order valence-electron chi connectivity index (χ1n) is 6.96. The molecule has 1 amide bonds. The van der Waals surface area contributed by atoms with Crippen molar-refractivity contribution < 1.29 is 14.7 Å². The summed E-state index contributed by atoms with van der Waals surface area (Å²) in [6.07, 6.45) is 2.47. The van der Waals surface area contributed by atoms with E-state index in [1.807, 2.05) is 19.2 Å². The standard InChI is InChI=1S/C14H20N2O3S/c1-3-12-15-10(8-20-12)7-13(17)16-5-4-9(2)6-11(16)14(18)19/h8-9,11H,3-7H2,1-2H3,(H,18,19). The fraction of sp³-hybridized carbons (Fsp3) is 0.643. The van der Waals surface area contributed by atoms with Crippen LogP contribution in [0, 0.1) is 5.92 Å². The van der Waals surface area contributed by atoms with Crippen LogP contribution in [0.2, 0.25) is 0 Å². The highest BCUT2D eigenvalue weighted by atomic mass is 32.1. The minimum Gasteiger partial charge on any atom is -0.480 e. The highest BCUT2D eigenvalue weighted by molar-refractivity contribution is 7.09. The van der Waals surface area contributed by atoms with Gasteiger partial charge in [-0.15, -0.1) is 11.3 Å². The van der Waals surface area contributed by atoms with Gasteiger partial charge >= 0.3 is 5.97 Å². The van der Waals surface area contributed by atoms with Crippen LogP contribution in [0.15, 0.2) is 5.38 Å². The number of aromatic nitrogens is 1. The van der Waals surface area contributed by atoms with Gasteiger partial charge in [-0.05, 0) is 25.2 Å². The molecule has 0 radical (unpaired) electrons. The maximum Gasteiger partial charge on any atom is 0.326 e. The van der Waals surface area contributed by atoms with E-state index in [1.165, 1.54) is 4.90 Å². The van der Waals surface area contributed by atoms with Crippen LogP contribution in [0.5, 0.6) is 0 Å². The van der Waals surface area contributed by atoms with E-state index in [9.17, 15) is 14.7 Å². The van der Waals surface area contributed by atoms with Crippen molar-refractivity contribution in [1.82, 2.24) is 9.88 Å². The second-order valence-electron chi connectivity index (χ2n) is 5.33. The van der Waals surface area contributed by atoms with Crippen molar-refractivity contribution in [2.45, 2.75) is 45.6 Å². The fourth-order valence-electron chi connectivity index (χ4n) is 2.52. The minimum absolute atomic E-state index is 0.128. The molecule has 0 spiro atoms. The maximum absolute atomic E-state index is 12.3. The maximum atomic E-state index is 12.3. The van der Waals surface area contributed by atoms with Gasteiger partial charge in [-0.1, -0.05) is 13.8 Å². The van der Waals surface area contributed by atoms with Gasteiger partial charge in [-0.3, -0.25) is 4.79 Å². The molecule has 20 heavy (non-hydrogen) atoms. The SMILES string of the molecule is CCc1nc(CC(=O)N2CCC(C)CC2C(=O)O)cs1. The molecule has 1 aliphatic rings. The quantitative estimate of drug-likeness (QED) is 0.922. The Hall–Kier alpha value is -1.43. The zero-order chi connectivity index (χ0) is 14.7. The zero-order valence-corrected chi connectivity index (χ0v) is 12.7. The molecule has 0 bridgehead atoms. The van der Waals surface area contributed by atoms with Gasteiger partial charge in [-0.25, -0.2) is 9.78 Å². The number of likely N-dealkylation sites (tertiary alicyclic amines) is 1. The Labute approximate surface area is 122 Å². The first kappa shape index (κ1) is 15.0. The lowest BCUT2D eigenvalue weighted by molar-refractivity contribution is -0.152. The molecule has 2 atom stereocenters. The number of nitrogens with zero attached hydrogens (tertiary/aromatic N) is 2. The van der Waals surface area contributed by atoms with Crippen LogP contribution in [0.4, 0.5) is 0 Å². The lowest BCUT2D eigenvalue weighted by atomic mass is 9.92. The number of carbonyl (C=O) groups excluding carboxylic acids is 1. The van der Waals surface area contributed by atoms with Crippen molar-refractivity contribution in [2.24, 2.45) is 5.92 Å². The Balaban J connectivity index is 2.04. The number of carboxylic acid groups (broad SMARTS) is 1. The third kappa shape index (κ3) is 3.36. The summed E-state index contributed by atoms with van der Waals surface area (Å²) in [6, 6.07) is -0.685. The molecule has 1 aromatic heterocycles. The molecular formula is C14H20N2O3S. The molecule has 1 aliphatic heterocycles. The number of rotatable bonds is 4. The van der Waals surface area contributed by atoms with E-state index < -0.39 is 12.0 Å². The molecule has 0 aliphatic carbocycles. The third-order valence-electron chi connectivity index (χ3n) is 3.70. The van der Waals surface area contributed by atoms with E-state index in [2.05, 4.69) is 4.98 Å². The van der Waals surface area contributed by atoms with E-state index in [1.54, 1.807) is 11.3 Å². The Morgan fingerprint density at radius 3 is 2.90 bits per heavy atom. The van der Waals surface area contributed by atoms with Crippen molar-refractivity contribution in [3.8, 4) is 0 Å². The summed E-state index contributed by atoms with van der Waals surface area (Å²) in [7, 11) is 0. The fourth-order valence-corrected chi connectivity index (χ4v) is 3.27. The minimum atomic E-state index is -0.905. The third-order valence-corrected chi connectivity index (χ3v) is 4.75. The van der Waals surface area contributed by atoms with E-state index >= 15 is 0 Å². The van der Waals surface area contributed by atoms with Crippen LogP contribution in [0.1, 0.15) is 37.4 Å². The van der Waals surface area contributed by atoms with Crippen LogP contribution in [-0.2, 0) is 22.4 Å². The van der Waals surface area contributed by atoms with Crippen molar-refractivity contribution in [2.75, 3.05) is 6.54 Å². The average Bonchev–Trinajstić information content (AvgIpc) is 2.86. The van der Waals surface area contributed by atoms with Gasteiger partial charge in [0.15, 0.2) is 0 Å². The highest BCUT2D eigenvalue weighted by Gasteiger charge is 2.34. The van der Waals surface area contributed by atoms with Crippen LogP contribution >= 0.6 is 11.3 Å². The Morgan fingerprint density at radius 1 is 1.55 bits per heavy atom. The Bertz CT molecular complexity index is 500. The number of amides is 1. The molecule has 1 N–H and O–H groups in total. The summed E-state index contributed by atoms with van der Waals surface area (Å²) in [4.78, 5) is 29.5. The summed E-state index contributed by atoms with van der Waals surface area (Å²) < 4.78 is 0. The summed E-state index contributed by atoms with van der Waals surface area (Å²) in [5, 5.41) is 12.2. The molecule has 2 rings (SSSR count). The van der Waals surface area contributed by atoms with Gasteiger partial charge in [0.1, 0.15) is 6.04 Å². The second-order valence-corrected chi connectivity index (χ2v) is 6.28. The topological polar surface area (TPSA) is 70.5 Å². The molecule has 0 saturated carbocycles. The molecule has 2 heterocycles. The van der Waals surface area contributed by atoms with Crippen molar-refractivity contribution >= 4 is 23.2 Å². The molecule has 1 saturated heterocycles. The van der Waals surface area contributed by atoms with E-state index in [4.69, 9.17) is 0 Å². The van der Waals surface area contributed by atoms with Crippen LogP contribution in [0.25, 0.3) is 0 Å². The first-order valence-corrected chi connectivity index (χ1v) is 7.84. The second kappa shape index (κ2) is 6.35.